The first kappa shape index (κ1) is 11.2. The number of benzene rings is 1. The zero-order valence-electron chi connectivity index (χ0n) is 9.74. The van der Waals surface area contributed by atoms with Crippen molar-refractivity contribution in [3.05, 3.63) is 35.4 Å². The molecular weight excluding hydrogens is 196 g/mol. The number of hydrogen-bond donors (Lipinski definition) is 1. The number of rotatable bonds is 5. The van der Waals surface area contributed by atoms with E-state index in [4.69, 9.17) is 5.26 Å². The third kappa shape index (κ3) is 3.08. The molecule has 0 radical (unpaired) electrons. The smallest absolute Gasteiger partial charge is 0.0666 e. The molecule has 1 unspecified atom stereocenters. The molecule has 1 aliphatic carbocycles. The molecule has 1 saturated carbocycles. The second-order valence-electron chi connectivity index (χ2n) is 4.68. The fourth-order valence-electron chi connectivity index (χ4n) is 1.85. The number of hydrogen-bond acceptors (Lipinski definition) is 2. The van der Waals surface area contributed by atoms with Crippen molar-refractivity contribution in [1.29, 1.82) is 5.26 Å². The van der Waals surface area contributed by atoms with Gasteiger partial charge in [0.2, 0.25) is 0 Å². The standard InChI is InChI=1S/C14H18N2/c1-11(8-15)9-16-10-12-3-2-4-14(7-12)13-5-6-13/h2-4,7,11,13,16H,5-6,9-10H2,1H3. The fraction of sp³-hybridized carbons (Fsp3) is 0.500. The van der Waals surface area contributed by atoms with Gasteiger partial charge >= 0.3 is 0 Å². The average Bonchev–Trinajstić information content (AvgIpc) is 3.13. The number of nitrogens with one attached hydrogen (secondary N) is 1. The molecule has 1 fully saturated rings. The highest BCUT2D eigenvalue weighted by Crippen LogP contribution is 2.40. The average molecular weight is 214 g/mol. The molecule has 0 heterocycles. The van der Waals surface area contributed by atoms with E-state index in [1.54, 1.807) is 0 Å². The van der Waals surface area contributed by atoms with Gasteiger partial charge in [-0.2, -0.15) is 5.26 Å². The van der Waals surface area contributed by atoms with Crippen LogP contribution in [0.15, 0.2) is 24.3 Å². The minimum absolute atomic E-state index is 0.0895. The van der Waals surface area contributed by atoms with Gasteiger partial charge in [0.1, 0.15) is 0 Å². The predicted molar refractivity (Wildman–Crippen MR) is 64.9 cm³/mol. The van der Waals surface area contributed by atoms with Crippen molar-refractivity contribution in [3.63, 3.8) is 0 Å². The van der Waals surface area contributed by atoms with E-state index >= 15 is 0 Å². The summed E-state index contributed by atoms with van der Waals surface area (Å²) in [7, 11) is 0. The van der Waals surface area contributed by atoms with Gasteiger partial charge in [-0.25, -0.2) is 0 Å². The Balaban J connectivity index is 1.84. The van der Waals surface area contributed by atoms with Crippen LogP contribution in [0.2, 0.25) is 0 Å². The SMILES string of the molecule is CC(C#N)CNCc1cccc(C2CC2)c1. The van der Waals surface area contributed by atoms with Crippen LogP contribution in [0.25, 0.3) is 0 Å². The second-order valence-corrected chi connectivity index (χ2v) is 4.68. The summed E-state index contributed by atoms with van der Waals surface area (Å²) < 4.78 is 0. The Morgan fingerprint density at radius 2 is 2.31 bits per heavy atom. The summed E-state index contributed by atoms with van der Waals surface area (Å²) in [5, 5.41) is 12.0. The van der Waals surface area contributed by atoms with E-state index in [0.29, 0.717) is 0 Å². The minimum atomic E-state index is 0.0895. The Morgan fingerprint density at radius 1 is 1.50 bits per heavy atom. The quantitative estimate of drug-likeness (QED) is 0.818. The molecule has 1 aromatic carbocycles. The molecule has 0 aromatic heterocycles. The van der Waals surface area contributed by atoms with Crippen LogP contribution in [0.5, 0.6) is 0 Å². The molecule has 0 bridgehead atoms. The molecule has 0 amide bonds. The lowest BCUT2D eigenvalue weighted by atomic mass is 10.1. The number of nitriles is 1. The third-order valence-electron chi connectivity index (χ3n) is 3.00. The van der Waals surface area contributed by atoms with E-state index in [2.05, 4.69) is 35.7 Å². The van der Waals surface area contributed by atoms with Crippen LogP contribution in [0.4, 0.5) is 0 Å². The molecule has 1 aromatic rings. The molecule has 0 spiro atoms. The summed E-state index contributed by atoms with van der Waals surface area (Å²) in [5.74, 6) is 0.907. The zero-order valence-corrected chi connectivity index (χ0v) is 9.74. The molecule has 84 valence electrons. The Kier molecular flexibility index (Phi) is 3.58. The van der Waals surface area contributed by atoms with E-state index in [1.165, 1.54) is 24.0 Å². The first-order valence-corrected chi connectivity index (χ1v) is 5.99. The molecular formula is C14H18N2. The highest BCUT2D eigenvalue weighted by molar-refractivity contribution is 5.29. The molecule has 2 rings (SSSR count). The summed E-state index contributed by atoms with van der Waals surface area (Å²) in [5.41, 5.74) is 2.81. The summed E-state index contributed by atoms with van der Waals surface area (Å²) in [4.78, 5) is 0. The van der Waals surface area contributed by atoms with Gasteiger partial charge in [0.05, 0.1) is 12.0 Å². The number of nitrogens with zero attached hydrogens (tertiary/aromatic N) is 1. The predicted octanol–water partition coefficient (Wildman–Crippen LogP) is 2.81. The highest BCUT2D eigenvalue weighted by Gasteiger charge is 2.23. The van der Waals surface area contributed by atoms with Gasteiger partial charge in [-0.05, 0) is 36.8 Å². The normalized spacial score (nSPS) is 16.8. The van der Waals surface area contributed by atoms with Crippen molar-refractivity contribution >= 4 is 0 Å². The fourth-order valence-corrected chi connectivity index (χ4v) is 1.85. The van der Waals surface area contributed by atoms with Crippen LogP contribution in [0.1, 0.15) is 36.8 Å². The summed E-state index contributed by atoms with van der Waals surface area (Å²) in [6, 6.07) is 11.0. The van der Waals surface area contributed by atoms with E-state index in [0.717, 1.165) is 19.0 Å². The Bertz CT molecular complexity index is 388. The maximum absolute atomic E-state index is 8.67. The molecule has 2 nitrogen and oxygen atoms in total. The van der Waals surface area contributed by atoms with E-state index in [-0.39, 0.29) is 5.92 Å². The zero-order chi connectivity index (χ0) is 11.4. The van der Waals surface area contributed by atoms with Crippen LogP contribution in [-0.4, -0.2) is 6.54 Å². The van der Waals surface area contributed by atoms with Gasteiger partial charge < -0.3 is 5.32 Å². The van der Waals surface area contributed by atoms with Crippen LogP contribution in [0, 0.1) is 17.2 Å². The molecule has 1 aliphatic rings. The molecule has 1 N–H and O–H groups in total. The largest absolute Gasteiger partial charge is 0.311 e. The van der Waals surface area contributed by atoms with Crippen LogP contribution >= 0.6 is 0 Å². The maximum atomic E-state index is 8.67. The monoisotopic (exact) mass is 214 g/mol. The Hall–Kier alpha value is -1.33. The van der Waals surface area contributed by atoms with Crippen molar-refractivity contribution in [3.8, 4) is 6.07 Å². The molecule has 0 aliphatic heterocycles. The topological polar surface area (TPSA) is 35.8 Å². The van der Waals surface area contributed by atoms with Crippen molar-refractivity contribution < 1.29 is 0 Å². The third-order valence-corrected chi connectivity index (χ3v) is 3.00. The van der Waals surface area contributed by atoms with Crippen molar-refractivity contribution in [1.82, 2.24) is 5.32 Å². The van der Waals surface area contributed by atoms with Gasteiger partial charge in [-0.1, -0.05) is 24.3 Å². The van der Waals surface area contributed by atoms with E-state index in [1.807, 2.05) is 6.92 Å². The Labute approximate surface area is 97.3 Å². The highest BCUT2D eigenvalue weighted by atomic mass is 14.9. The molecule has 1 atom stereocenters. The lowest BCUT2D eigenvalue weighted by Crippen LogP contribution is -2.19. The van der Waals surface area contributed by atoms with E-state index < -0.39 is 0 Å². The van der Waals surface area contributed by atoms with Crippen molar-refractivity contribution in [2.45, 2.75) is 32.2 Å². The van der Waals surface area contributed by atoms with Crippen LogP contribution in [-0.2, 0) is 6.54 Å². The maximum Gasteiger partial charge on any atom is 0.0666 e. The lowest BCUT2D eigenvalue weighted by molar-refractivity contribution is 0.601. The Morgan fingerprint density at radius 3 is 3.00 bits per heavy atom. The molecule has 0 saturated heterocycles. The van der Waals surface area contributed by atoms with Crippen molar-refractivity contribution in [2.24, 2.45) is 5.92 Å². The van der Waals surface area contributed by atoms with Gasteiger partial charge in [0, 0.05) is 13.1 Å². The first-order chi connectivity index (χ1) is 7.79. The van der Waals surface area contributed by atoms with Gasteiger partial charge in [0.25, 0.3) is 0 Å². The molecule has 2 heteroatoms. The van der Waals surface area contributed by atoms with Gasteiger partial charge in [-0.15, -0.1) is 0 Å². The minimum Gasteiger partial charge on any atom is -0.311 e. The van der Waals surface area contributed by atoms with Gasteiger partial charge in [0.15, 0.2) is 0 Å². The van der Waals surface area contributed by atoms with Gasteiger partial charge in [-0.3, -0.25) is 0 Å². The summed E-state index contributed by atoms with van der Waals surface area (Å²) >= 11 is 0. The molecule has 16 heavy (non-hydrogen) atoms. The van der Waals surface area contributed by atoms with Crippen molar-refractivity contribution in [2.75, 3.05) is 6.54 Å². The first-order valence-electron chi connectivity index (χ1n) is 5.99. The van der Waals surface area contributed by atoms with Crippen LogP contribution < -0.4 is 5.32 Å². The van der Waals surface area contributed by atoms with Crippen LogP contribution in [0.3, 0.4) is 0 Å². The summed E-state index contributed by atoms with van der Waals surface area (Å²) in [6.07, 6.45) is 2.70. The summed E-state index contributed by atoms with van der Waals surface area (Å²) in [6.45, 7) is 3.57. The van der Waals surface area contributed by atoms with E-state index in [9.17, 15) is 0 Å². The second kappa shape index (κ2) is 5.14. The lowest BCUT2D eigenvalue weighted by Gasteiger charge is -2.07.